The van der Waals surface area contributed by atoms with Gasteiger partial charge in [-0.15, -0.1) is 0 Å². The summed E-state index contributed by atoms with van der Waals surface area (Å²) in [6.45, 7) is 5.72. The average molecular weight is 317 g/mol. The lowest BCUT2D eigenvalue weighted by Crippen LogP contribution is -2.07. The van der Waals surface area contributed by atoms with Crippen molar-refractivity contribution >= 4 is 12.2 Å². The van der Waals surface area contributed by atoms with E-state index in [4.69, 9.17) is 21.7 Å². The first-order chi connectivity index (χ1) is 10.7. The van der Waals surface area contributed by atoms with Crippen LogP contribution in [0.4, 0.5) is 0 Å². The first-order valence-corrected chi connectivity index (χ1v) is 8.02. The molecule has 2 aromatic rings. The minimum atomic E-state index is 0.504. The van der Waals surface area contributed by atoms with E-state index in [1.54, 1.807) is 7.11 Å². The van der Waals surface area contributed by atoms with Gasteiger partial charge in [0, 0.05) is 12.2 Å². The van der Waals surface area contributed by atoms with E-state index in [0.717, 1.165) is 41.1 Å². The van der Waals surface area contributed by atoms with E-state index >= 15 is 0 Å². The molecule has 0 saturated heterocycles. The number of benzene rings is 1. The number of ether oxygens (including phenoxy) is 2. The Labute approximate surface area is 137 Å². The van der Waals surface area contributed by atoms with E-state index in [2.05, 4.69) is 24.5 Å². The van der Waals surface area contributed by atoms with Crippen LogP contribution < -0.4 is 9.47 Å². The Hall–Kier alpha value is -1.81. The van der Waals surface area contributed by atoms with Crippen molar-refractivity contribution in [1.82, 2.24) is 4.57 Å². The molecule has 0 unspecified atom stereocenters. The van der Waals surface area contributed by atoms with Crippen LogP contribution in [0.1, 0.15) is 31.0 Å². The SMILES string of the molecule is CCCCn1c(C)ccc(OCc2ccc(OC)cc2)c1=S. The van der Waals surface area contributed by atoms with Crippen molar-refractivity contribution < 1.29 is 9.47 Å². The molecule has 1 aromatic heterocycles. The molecule has 1 aromatic carbocycles. The molecule has 0 aliphatic heterocycles. The topological polar surface area (TPSA) is 23.4 Å². The fourth-order valence-corrected chi connectivity index (χ4v) is 2.60. The highest BCUT2D eigenvalue weighted by atomic mass is 32.1. The summed E-state index contributed by atoms with van der Waals surface area (Å²) in [7, 11) is 1.66. The van der Waals surface area contributed by atoms with Crippen LogP contribution in [0.2, 0.25) is 0 Å². The molecular formula is C18H23NO2S. The summed E-state index contributed by atoms with van der Waals surface area (Å²) in [5.74, 6) is 1.62. The highest BCUT2D eigenvalue weighted by Crippen LogP contribution is 2.19. The van der Waals surface area contributed by atoms with Gasteiger partial charge in [-0.1, -0.05) is 37.7 Å². The van der Waals surface area contributed by atoms with Gasteiger partial charge in [0.2, 0.25) is 0 Å². The number of nitrogens with zero attached hydrogens (tertiary/aromatic N) is 1. The zero-order valence-electron chi connectivity index (χ0n) is 13.5. The molecule has 22 heavy (non-hydrogen) atoms. The zero-order chi connectivity index (χ0) is 15.9. The molecule has 2 rings (SSSR count). The quantitative estimate of drug-likeness (QED) is 0.678. The number of hydrogen-bond acceptors (Lipinski definition) is 3. The summed E-state index contributed by atoms with van der Waals surface area (Å²) in [6.07, 6.45) is 2.27. The van der Waals surface area contributed by atoms with E-state index in [1.165, 1.54) is 5.69 Å². The van der Waals surface area contributed by atoms with E-state index in [0.29, 0.717) is 6.61 Å². The number of pyridine rings is 1. The van der Waals surface area contributed by atoms with Gasteiger partial charge in [0.1, 0.15) is 17.0 Å². The monoisotopic (exact) mass is 317 g/mol. The van der Waals surface area contributed by atoms with E-state index in [-0.39, 0.29) is 0 Å². The lowest BCUT2D eigenvalue weighted by molar-refractivity contribution is 0.300. The van der Waals surface area contributed by atoms with Gasteiger partial charge in [0.25, 0.3) is 0 Å². The smallest absolute Gasteiger partial charge is 0.154 e. The molecule has 0 saturated carbocycles. The molecule has 0 aliphatic rings. The maximum absolute atomic E-state index is 5.91. The van der Waals surface area contributed by atoms with Crippen molar-refractivity contribution in [2.45, 2.75) is 39.8 Å². The van der Waals surface area contributed by atoms with Crippen LogP contribution in [0.15, 0.2) is 36.4 Å². The number of rotatable bonds is 7. The maximum Gasteiger partial charge on any atom is 0.154 e. The zero-order valence-corrected chi connectivity index (χ0v) is 14.3. The van der Waals surface area contributed by atoms with Crippen LogP contribution >= 0.6 is 12.2 Å². The predicted octanol–water partition coefficient (Wildman–Crippen LogP) is 4.91. The number of unbranched alkanes of at least 4 members (excludes halogenated alkanes) is 1. The Bertz CT molecular complexity index is 662. The molecule has 0 fully saturated rings. The van der Waals surface area contributed by atoms with Crippen LogP contribution in [-0.4, -0.2) is 11.7 Å². The first kappa shape index (κ1) is 16.6. The fourth-order valence-electron chi connectivity index (χ4n) is 2.24. The molecule has 0 N–H and O–H groups in total. The van der Waals surface area contributed by atoms with Crippen LogP contribution in [-0.2, 0) is 13.2 Å². The normalized spacial score (nSPS) is 10.5. The molecule has 0 aliphatic carbocycles. The fraction of sp³-hybridized carbons (Fsp3) is 0.389. The summed E-state index contributed by atoms with van der Waals surface area (Å²) < 4.78 is 14.0. The second-order valence-corrected chi connectivity index (χ2v) is 5.67. The Kier molecular flexibility index (Phi) is 6.01. The third-order valence-corrected chi connectivity index (χ3v) is 4.07. The van der Waals surface area contributed by atoms with Crippen molar-refractivity contribution in [2.24, 2.45) is 0 Å². The summed E-state index contributed by atoms with van der Waals surface area (Å²) in [6, 6.07) is 11.9. The molecule has 118 valence electrons. The minimum absolute atomic E-state index is 0.504. The Morgan fingerprint density at radius 2 is 1.82 bits per heavy atom. The van der Waals surface area contributed by atoms with Crippen molar-refractivity contribution in [3.05, 3.63) is 52.3 Å². The third-order valence-electron chi connectivity index (χ3n) is 3.65. The summed E-state index contributed by atoms with van der Waals surface area (Å²) >= 11 is 5.57. The molecule has 0 amide bonds. The molecule has 4 heteroatoms. The van der Waals surface area contributed by atoms with Crippen LogP contribution in [0.5, 0.6) is 11.5 Å². The number of aryl methyl sites for hydroxylation is 1. The second-order valence-electron chi connectivity index (χ2n) is 5.29. The molecule has 1 heterocycles. The van der Waals surface area contributed by atoms with Gasteiger partial charge in [0.05, 0.1) is 7.11 Å². The van der Waals surface area contributed by atoms with Gasteiger partial charge in [-0.2, -0.15) is 0 Å². The summed E-state index contributed by atoms with van der Waals surface area (Å²) in [5.41, 5.74) is 2.27. The largest absolute Gasteiger partial charge is 0.497 e. The Morgan fingerprint density at radius 3 is 2.45 bits per heavy atom. The van der Waals surface area contributed by atoms with Crippen molar-refractivity contribution in [2.75, 3.05) is 7.11 Å². The number of hydrogen-bond donors (Lipinski definition) is 0. The van der Waals surface area contributed by atoms with Crippen LogP contribution in [0, 0.1) is 11.6 Å². The van der Waals surface area contributed by atoms with Gasteiger partial charge in [-0.05, 0) is 43.2 Å². The highest BCUT2D eigenvalue weighted by molar-refractivity contribution is 7.71. The highest BCUT2D eigenvalue weighted by Gasteiger charge is 2.05. The van der Waals surface area contributed by atoms with E-state index < -0.39 is 0 Å². The van der Waals surface area contributed by atoms with Crippen LogP contribution in [0.3, 0.4) is 0 Å². The second kappa shape index (κ2) is 7.99. The molecule has 0 radical (unpaired) electrons. The van der Waals surface area contributed by atoms with Crippen molar-refractivity contribution in [3.8, 4) is 11.5 Å². The Morgan fingerprint density at radius 1 is 1.09 bits per heavy atom. The van der Waals surface area contributed by atoms with Gasteiger partial charge in [-0.25, -0.2) is 0 Å². The molecular weight excluding hydrogens is 294 g/mol. The summed E-state index contributed by atoms with van der Waals surface area (Å²) in [5, 5.41) is 0. The van der Waals surface area contributed by atoms with Gasteiger partial charge >= 0.3 is 0 Å². The third kappa shape index (κ3) is 4.10. The molecule has 3 nitrogen and oxygen atoms in total. The Balaban J connectivity index is 2.10. The molecule has 0 spiro atoms. The minimum Gasteiger partial charge on any atom is -0.497 e. The first-order valence-electron chi connectivity index (χ1n) is 7.62. The average Bonchev–Trinajstić information content (AvgIpc) is 2.54. The number of aromatic nitrogens is 1. The van der Waals surface area contributed by atoms with Gasteiger partial charge in [0.15, 0.2) is 5.75 Å². The van der Waals surface area contributed by atoms with Crippen molar-refractivity contribution in [3.63, 3.8) is 0 Å². The van der Waals surface area contributed by atoms with E-state index in [1.807, 2.05) is 30.3 Å². The lowest BCUT2D eigenvalue weighted by Gasteiger charge is -2.14. The molecule has 0 atom stereocenters. The van der Waals surface area contributed by atoms with E-state index in [9.17, 15) is 0 Å². The van der Waals surface area contributed by atoms with Crippen LogP contribution in [0.25, 0.3) is 0 Å². The summed E-state index contributed by atoms with van der Waals surface area (Å²) in [4.78, 5) is 0. The molecule has 0 bridgehead atoms. The lowest BCUT2D eigenvalue weighted by atomic mass is 10.2. The van der Waals surface area contributed by atoms with Gasteiger partial charge in [-0.3, -0.25) is 0 Å². The predicted molar refractivity (Wildman–Crippen MR) is 92.2 cm³/mol. The van der Waals surface area contributed by atoms with Gasteiger partial charge < -0.3 is 14.0 Å². The van der Waals surface area contributed by atoms with Crippen molar-refractivity contribution in [1.29, 1.82) is 0 Å². The standard InChI is InChI=1S/C18H23NO2S/c1-4-5-12-19-14(2)6-11-17(18(19)22)21-13-15-7-9-16(20-3)10-8-15/h6-11H,4-5,12-13H2,1-3H3. The number of methoxy groups -OCH3 is 1. The maximum atomic E-state index is 5.91.